The van der Waals surface area contributed by atoms with Gasteiger partial charge in [-0.1, -0.05) is 23.4 Å². The van der Waals surface area contributed by atoms with E-state index in [0.717, 1.165) is 36.3 Å². The fourth-order valence-corrected chi connectivity index (χ4v) is 3.77. The van der Waals surface area contributed by atoms with Crippen molar-refractivity contribution in [3.05, 3.63) is 47.1 Å². The smallest absolute Gasteiger partial charge is 0.145 e. The van der Waals surface area contributed by atoms with Gasteiger partial charge in [-0.25, -0.2) is 0 Å². The van der Waals surface area contributed by atoms with Gasteiger partial charge in [0, 0.05) is 17.0 Å². The highest BCUT2D eigenvalue weighted by Gasteiger charge is 2.33. The standard InChI is InChI=1S/C21H26NO3/c1-13-4-3-5-14(2)19(13)20-18(21(25-22-20)15-6-7-15)12-24-17-10-8-16(23)9-11-17/h3-5,8,15-17,23H,6-7,9-12H2,1-2H3/t16-,17-/m0/s1. The summed E-state index contributed by atoms with van der Waals surface area (Å²) < 4.78 is 12.0. The van der Waals surface area contributed by atoms with Crippen LogP contribution < -0.4 is 0 Å². The Morgan fingerprint density at radius 2 is 1.92 bits per heavy atom. The van der Waals surface area contributed by atoms with Crippen LogP contribution >= 0.6 is 0 Å². The van der Waals surface area contributed by atoms with Gasteiger partial charge < -0.3 is 14.4 Å². The molecule has 1 radical (unpaired) electrons. The molecule has 2 aliphatic rings. The maximum atomic E-state index is 9.62. The highest BCUT2D eigenvalue weighted by atomic mass is 16.5. The number of aliphatic hydroxyl groups is 1. The SMILES string of the molecule is Cc1cccc(C)c1-c1noc(C2CC2)c1CO[C@H]1C[CH][C@H](O)CC1. The molecule has 4 heteroatoms. The Morgan fingerprint density at radius 3 is 2.56 bits per heavy atom. The summed E-state index contributed by atoms with van der Waals surface area (Å²) in [6.07, 6.45) is 6.71. The van der Waals surface area contributed by atoms with Crippen LogP contribution in [0.15, 0.2) is 22.7 Å². The van der Waals surface area contributed by atoms with Gasteiger partial charge in [0.05, 0.1) is 18.8 Å². The second-order valence-corrected chi connectivity index (χ2v) is 7.46. The lowest BCUT2D eigenvalue weighted by molar-refractivity contribution is 0.00676. The molecule has 1 aromatic carbocycles. The molecule has 0 bridgehead atoms. The van der Waals surface area contributed by atoms with Crippen LogP contribution in [-0.4, -0.2) is 22.5 Å². The summed E-state index contributed by atoms with van der Waals surface area (Å²) in [5.41, 5.74) is 5.66. The van der Waals surface area contributed by atoms with Crippen molar-refractivity contribution >= 4 is 0 Å². The number of aliphatic hydroxyl groups excluding tert-OH is 1. The van der Waals surface area contributed by atoms with Crippen molar-refractivity contribution < 1.29 is 14.4 Å². The van der Waals surface area contributed by atoms with Gasteiger partial charge in [0.2, 0.25) is 0 Å². The minimum atomic E-state index is -0.275. The zero-order valence-electron chi connectivity index (χ0n) is 15.0. The zero-order valence-corrected chi connectivity index (χ0v) is 15.0. The molecule has 2 aromatic rings. The van der Waals surface area contributed by atoms with Crippen LogP contribution in [0.5, 0.6) is 0 Å². The molecule has 1 heterocycles. The van der Waals surface area contributed by atoms with Crippen LogP contribution in [0.2, 0.25) is 0 Å². The Kier molecular flexibility index (Phi) is 4.65. The van der Waals surface area contributed by atoms with E-state index >= 15 is 0 Å². The molecule has 2 fully saturated rings. The minimum Gasteiger partial charge on any atom is -0.393 e. The average molecular weight is 340 g/mol. The summed E-state index contributed by atoms with van der Waals surface area (Å²) in [7, 11) is 0. The number of ether oxygens (including phenoxy) is 1. The highest BCUT2D eigenvalue weighted by Crippen LogP contribution is 2.45. The van der Waals surface area contributed by atoms with E-state index in [4.69, 9.17) is 9.26 Å². The third-order valence-electron chi connectivity index (χ3n) is 5.40. The third kappa shape index (κ3) is 3.51. The number of hydrogen-bond donors (Lipinski definition) is 1. The van der Waals surface area contributed by atoms with Crippen molar-refractivity contribution in [3.8, 4) is 11.3 Å². The molecule has 4 rings (SSSR count). The molecule has 0 aliphatic heterocycles. The molecular weight excluding hydrogens is 314 g/mol. The van der Waals surface area contributed by atoms with Crippen LogP contribution in [0.25, 0.3) is 11.3 Å². The highest BCUT2D eigenvalue weighted by molar-refractivity contribution is 5.70. The summed E-state index contributed by atoms with van der Waals surface area (Å²) in [5.74, 6) is 1.52. The van der Waals surface area contributed by atoms with Crippen molar-refractivity contribution in [3.63, 3.8) is 0 Å². The summed E-state index contributed by atoms with van der Waals surface area (Å²) in [6.45, 7) is 4.78. The quantitative estimate of drug-likeness (QED) is 0.872. The molecular formula is C21H26NO3. The molecule has 2 aliphatic carbocycles. The molecule has 25 heavy (non-hydrogen) atoms. The number of aromatic nitrogens is 1. The van der Waals surface area contributed by atoms with Gasteiger partial charge >= 0.3 is 0 Å². The molecule has 0 saturated heterocycles. The van der Waals surface area contributed by atoms with Crippen LogP contribution in [0.1, 0.15) is 60.5 Å². The van der Waals surface area contributed by atoms with Crippen molar-refractivity contribution in [2.45, 2.75) is 70.7 Å². The van der Waals surface area contributed by atoms with Gasteiger partial charge in [-0.2, -0.15) is 0 Å². The lowest BCUT2D eigenvalue weighted by Crippen LogP contribution is -2.24. The first-order chi connectivity index (χ1) is 12.1. The molecule has 0 amide bonds. The van der Waals surface area contributed by atoms with Crippen molar-refractivity contribution in [2.24, 2.45) is 0 Å². The predicted octanol–water partition coefficient (Wildman–Crippen LogP) is 4.47. The molecule has 2 atom stereocenters. The van der Waals surface area contributed by atoms with E-state index in [2.05, 4.69) is 37.2 Å². The Bertz CT molecular complexity index is 719. The van der Waals surface area contributed by atoms with Crippen LogP contribution in [0, 0.1) is 20.3 Å². The second kappa shape index (κ2) is 6.93. The fourth-order valence-electron chi connectivity index (χ4n) is 3.77. The molecule has 4 nitrogen and oxygen atoms in total. The van der Waals surface area contributed by atoms with Gasteiger partial charge in [-0.15, -0.1) is 0 Å². The van der Waals surface area contributed by atoms with Crippen molar-refractivity contribution in [2.75, 3.05) is 0 Å². The van der Waals surface area contributed by atoms with Gasteiger partial charge in [0.15, 0.2) is 0 Å². The Hall–Kier alpha value is -1.65. The normalized spacial score (nSPS) is 23.8. The number of benzene rings is 1. The maximum absolute atomic E-state index is 9.62. The van der Waals surface area contributed by atoms with Crippen LogP contribution in [0.3, 0.4) is 0 Å². The zero-order chi connectivity index (χ0) is 17.4. The van der Waals surface area contributed by atoms with Crippen molar-refractivity contribution in [1.82, 2.24) is 5.16 Å². The summed E-state index contributed by atoms with van der Waals surface area (Å²) >= 11 is 0. The van der Waals surface area contributed by atoms with Crippen LogP contribution in [0.4, 0.5) is 0 Å². The Labute approximate surface area is 149 Å². The Balaban J connectivity index is 1.60. The van der Waals surface area contributed by atoms with Crippen molar-refractivity contribution in [1.29, 1.82) is 0 Å². The number of nitrogens with zero attached hydrogens (tertiary/aromatic N) is 1. The van der Waals surface area contributed by atoms with E-state index in [9.17, 15) is 5.11 Å². The fraction of sp³-hybridized carbons (Fsp3) is 0.524. The van der Waals surface area contributed by atoms with Crippen LogP contribution in [-0.2, 0) is 11.3 Å². The molecule has 1 aromatic heterocycles. The van der Waals surface area contributed by atoms with Gasteiger partial charge in [-0.3, -0.25) is 0 Å². The van der Waals surface area contributed by atoms with Gasteiger partial charge in [-0.05, 0) is 63.5 Å². The Morgan fingerprint density at radius 1 is 1.16 bits per heavy atom. The third-order valence-corrected chi connectivity index (χ3v) is 5.40. The van der Waals surface area contributed by atoms with E-state index in [1.54, 1.807) is 0 Å². The minimum absolute atomic E-state index is 0.177. The molecule has 2 saturated carbocycles. The first-order valence-corrected chi connectivity index (χ1v) is 9.31. The largest absolute Gasteiger partial charge is 0.393 e. The summed E-state index contributed by atoms with van der Waals surface area (Å²) in [4.78, 5) is 0. The molecule has 0 unspecified atom stereocenters. The average Bonchev–Trinajstić information content (AvgIpc) is 3.36. The number of aryl methyl sites for hydroxylation is 2. The molecule has 133 valence electrons. The van der Waals surface area contributed by atoms with E-state index in [0.29, 0.717) is 12.5 Å². The first-order valence-electron chi connectivity index (χ1n) is 9.31. The molecule has 1 N–H and O–H groups in total. The van der Waals surface area contributed by atoms with E-state index in [-0.39, 0.29) is 12.2 Å². The summed E-state index contributed by atoms with van der Waals surface area (Å²) in [6, 6.07) is 6.32. The van der Waals surface area contributed by atoms with E-state index in [1.807, 2.05) is 6.42 Å². The lowest BCUT2D eigenvalue weighted by Gasteiger charge is -2.25. The van der Waals surface area contributed by atoms with E-state index in [1.165, 1.54) is 29.5 Å². The van der Waals surface area contributed by atoms with Gasteiger partial charge in [0.1, 0.15) is 11.5 Å². The first kappa shape index (κ1) is 16.8. The topological polar surface area (TPSA) is 55.5 Å². The second-order valence-electron chi connectivity index (χ2n) is 7.46. The maximum Gasteiger partial charge on any atom is 0.145 e. The van der Waals surface area contributed by atoms with E-state index < -0.39 is 0 Å². The lowest BCUT2D eigenvalue weighted by atomic mass is 9.94. The molecule has 0 spiro atoms. The van der Waals surface area contributed by atoms with Gasteiger partial charge in [0.25, 0.3) is 0 Å². The number of rotatable bonds is 5. The number of hydrogen-bond acceptors (Lipinski definition) is 4. The predicted molar refractivity (Wildman–Crippen MR) is 96.1 cm³/mol. The summed E-state index contributed by atoms with van der Waals surface area (Å²) in [5, 5.41) is 14.1. The monoisotopic (exact) mass is 340 g/mol.